The molecule has 196 valence electrons. The van der Waals surface area contributed by atoms with Gasteiger partial charge in [0, 0.05) is 25.3 Å². The van der Waals surface area contributed by atoms with Gasteiger partial charge in [0.2, 0.25) is 5.88 Å². The molecule has 0 bridgehead atoms. The van der Waals surface area contributed by atoms with E-state index in [1.54, 1.807) is 24.3 Å². The van der Waals surface area contributed by atoms with Crippen LogP contribution in [0.15, 0.2) is 42.7 Å². The van der Waals surface area contributed by atoms with E-state index in [1.807, 2.05) is 19.9 Å². The number of nitrogens with zero attached hydrogens (tertiary/aromatic N) is 5. The summed E-state index contributed by atoms with van der Waals surface area (Å²) in [6, 6.07) is 6.63. The van der Waals surface area contributed by atoms with Gasteiger partial charge in [0.1, 0.15) is 5.69 Å². The number of carbonyl (C=O) groups excluding carboxylic acids is 1. The van der Waals surface area contributed by atoms with E-state index in [0.717, 1.165) is 23.0 Å². The molecule has 1 N–H and O–H groups in total. The fourth-order valence-electron chi connectivity index (χ4n) is 5.52. The quantitative estimate of drug-likeness (QED) is 0.499. The number of methoxy groups -OCH3 is 1. The van der Waals surface area contributed by atoms with Crippen LogP contribution in [0.25, 0.3) is 0 Å². The molecule has 5 rings (SSSR count). The number of aromatic amines is 1. The van der Waals surface area contributed by atoms with E-state index in [-0.39, 0.29) is 30.2 Å². The van der Waals surface area contributed by atoms with Gasteiger partial charge in [-0.3, -0.25) is 10.00 Å². The van der Waals surface area contributed by atoms with Crippen LogP contribution in [0.5, 0.6) is 5.88 Å². The standard InChI is InChI=1S/C26H29F3N6O2/c1-16-8-11-30-24(37-3)23(16)33-12-9-19(10-13-33)35-17(2)22-21(14-31-32-22)34(25(35)36)15-18-6-4-5-7-20(18)26(27,28)29/h4-8,11,14,17,19H,9-10,12-13,15H2,1-3H3,(H,31,32). The van der Waals surface area contributed by atoms with Crippen LogP contribution in [0.2, 0.25) is 0 Å². The van der Waals surface area contributed by atoms with Gasteiger partial charge in [-0.25, -0.2) is 9.78 Å². The van der Waals surface area contributed by atoms with Crippen LogP contribution in [0.3, 0.4) is 0 Å². The molecule has 2 aromatic heterocycles. The third-order valence-corrected chi connectivity index (χ3v) is 7.34. The number of hydrogen-bond acceptors (Lipinski definition) is 5. The minimum absolute atomic E-state index is 0.0407. The minimum Gasteiger partial charge on any atom is -0.480 e. The second kappa shape index (κ2) is 9.60. The van der Waals surface area contributed by atoms with Crippen molar-refractivity contribution in [3.8, 4) is 5.88 Å². The lowest BCUT2D eigenvalue weighted by Gasteiger charge is -2.46. The molecule has 11 heteroatoms. The van der Waals surface area contributed by atoms with Gasteiger partial charge in [-0.05, 0) is 49.9 Å². The number of aryl methyl sites for hydroxylation is 1. The van der Waals surface area contributed by atoms with Crippen molar-refractivity contribution in [2.45, 2.75) is 51.5 Å². The molecule has 37 heavy (non-hydrogen) atoms. The molecule has 3 aromatic rings. The van der Waals surface area contributed by atoms with E-state index in [2.05, 4.69) is 20.1 Å². The Morgan fingerprint density at radius 1 is 1.16 bits per heavy atom. The highest BCUT2D eigenvalue weighted by molar-refractivity contribution is 5.95. The monoisotopic (exact) mass is 514 g/mol. The highest BCUT2D eigenvalue weighted by atomic mass is 19.4. The molecule has 2 amide bonds. The molecule has 2 aliphatic rings. The van der Waals surface area contributed by atoms with Crippen LogP contribution in [-0.2, 0) is 12.7 Å². The Bertz CT molecular complexity index is 1290. The maximum Gasteiger partial charge on any atom is 0.416 e. The number of H-pyrrole nitrogens is 1. The lowest BCUT2D eigenvalue weighted by atomic mass is 9.97. The van der Waals surface area contributed by atoms with Crippen molar-refractivity contribution in [2.75, 3.05) is 30.0 Å². The normalized spacial score (nSPS) is 18.8. The minimum atomic E-state index is -4.51. The molecule has 0 aliphatic carbocycles. The van der Waals surface area contributed by atoms with E-state index in [1.165, 1.54) is 23.2 Å². The van der Waals surface area contributed by atoms with Gasteiger partial charge in [-0.2, -0.15) is 18.3 Å². The lowest BCUT2D eigenvalue weighted by molar-refractivity contribution is -0.138. The summed E-state index contributed by atoms with van der Waals surface area (Å²) in [4.78, 5) is 23.6. The van der Waals surface area contributed by atoms with E-state index < -0.39 is 11.7 Å². The highest BCUT2D eigenvalue weighted by Gasteiger charge is 2.42. The van der Waals surface area contributed by atoms with Crippen LogP contribution < -0.4 is 14.5 Å². The van der Waals surface area contributed by atoms with E-state index in [4.69, 9.17) is 4.74 Å². The van der Waals surface area contributed by atoms with Crippen LogP contribution in [0.1, 0.15) is 48.2 Å². The maximum absolute atomic E-state index is 13.9. The molecule has 1 aromatic carbocycles. The molecule has 1 atom stereocenters. The predicted octanol–water partition coefficient (Wildman–Crippen LogP) is 5.31. The summed E-state index contributed by atoms with van der Waals surface area (Å²) in [5.74, 6) is 0.567. The topological polar surface area (TPSA) is 77.6 Å². The van der Waals surface area contributed by atoms with E-state index >= 15 is 0 Å². The fourth-order valence-corrected chi connectivity index (χ4v) is 5.52. The number of ether oxygens (including phenoxy) is 1. The summed E-state index contributed by atoms with van der Waals surface area (Å²) in [6.45, 7) is 5.12. The lowest BCUT2D eigenvalue weighted by Crippen LogP contribution is -2.55. The van der Waals surface area contributed by atoms with E-state index in [0.29, 0.717) is 37.5 Å². The summed E-state index contributed by atoms with van der Waals surface area (Å²) < 4.78 is 46.5. The summed E-state index contributed by atoms with van der Waals surface area (Å²) in [7, 11) is 1.60. The van der Waals surface area contributed by atoms with Crippen molar-refractivity contribution in [1.82, 2.24) is 20.1 Å². The molecule has 2 aliphatic heterocycles. The number of urea groups is 1. The zero-order valence-electron chi connectivity index (χ0n) is 20.9. The maximum atomic E-state index is 13.9. The smallest absolute Gasteiger partial charge is 0.416 e. The van der Waals surface area contributed by atoms with Crippen molar-refractivity contribution in [2.24, 2.45) is 0 Å². The number of nitrogens with one attached hydrogen (secondary N) is 1. The van der Waals surface area contributed by atoms with Gasteiger partial charge in [-0.1, -0.05) is 18.2 Å². The van der Waals surface area contributed by atoms with Gasteiger partial charge in [-0.15, -0.1) is 0 Å². The van der Waals surface area contributed by atoms with Gasteiger partial charge >= 0.3 is 12.2 Å². The summed E-state index contributed by atoms with van der Waals surface area (Å²) in [5.41, 5.74) is 2.54. The van der Waals surface area contributed by atoms with Crippen LogP contribution in [-0.4, -0.2) is 52.4 Å². The number of aromatic nitrogens is 3. The van der Waals surface area contributed by atoms with Crippen LogP contribution >= 0.6 is 0 Å². The Kier molecular flexibility index (Phi) is 6.47. The number of carbonyl (C=O) groups is 1. The average Bonchev–Trinajstić information content (AvgIpc) is 3.37. The van der Waals surface area contributed by atoms with E-state index in [9.17, 15) is 18.0 Å². The molecular weight excluding hydrogens is 485 g/mol. The number of halogens is 3. The molecule has 8 nitrogen and oxygen atoms in total. The first-order chi connectivity index (χ1) is 17.7. The molecule has 1 unspecified atom stereocenters. The Labute approximate surface area is 213 Å². The first-order valence-corrected chi connectivity index (χ1v) is 12.2. The summed E-state index contributed by atoms with van der Waals surface area (Å²) in [5, 5.41) is 7.09. The molecule has 1 saturated heterocycles. The fraction of sp³-hybridized carbons (Fsp3) is 0.423. The Morgan fingerprint density at radius 3 is 2.59 bits per heavy atom. The van der Waals surface area contributed by atoms with Crippen molar-refractivity contribution >= 4 is 17.4 Å². The van der Waals surface area contributed by atoms with Crippen molar-refractivity contribution in [1.29, 1.82) is 0 Å². The van der Waals surface area contributed by atoms with Crippen LogP contribution in [0, 0.1) is 6.92 Å². The molecule has 4 heterocycles. The third kappa shape index (κ3) is 4.47. The van der Waals surface area contributed by atoms with Crippen molar-refractivity contribution < 1.29 is 22.7 Å². The zero-order chi connectivity index (χ0) is 26.3. The number of hydrogen-bond donors (Lipinski definition) is 1. The highest BCUT2D eigenvalue weighted by Crippen LogP contribution is 2.41. The van der Waals surface area contributed by atoms with Gasteiger partial charge in [0.25, 0.3) is 0 Å². The number of fused-ring (bicyclic) bond motifs is 1. The predicted molar refractivity (Wildman–Crippen MR) is 133 cm³/mol. The van der Waals surface area contributed by atoms with Gasteiger partial charge in [0.15, 0.2) is 0 Å². The summed E-state index contributed by atoms with van der Waals surface area (Å²) >= 11 is 0. The summed E-state index contributed by atoms with van der Waals surface area (Å²) in [6.07, 6.45) is 0.108. The Hall–Kier alpha value is -3.76. The number of piperidine rings is 1. The van der Waals surface area contributed by atoms with Crippen molar-refractivity contribution in [3.63, 3.8) is 0 Å². The van der Waals surface area contributed by atoms with Gasteiger partial charge in [0.05, 0.1) is 42.8 Å². The number of amides is 2. The van der Waals surface area contributed by atoms with Crippen LogP contribution in [0.4, 0.5) is 29.3 Å². The third-order valence-electron chi connectivity index (χ3n) is 7.34. The molecular formula is C26H29F3N6O2. The molecule has 0 spiro atoms. The number of alkyl halides is 3. The first-order valence-electron chi connectivity index (χ1n) is 12.2. The number of pyridine rings is 1. The number of benzene rings is 1. The van der Waals surface area contributed by atoms with Gasteiger partial charge < -0.3 is 14.5 Å². The molecule has 0 radical (unpaired) electrons. The molecule has 0 saturated carbocycles. The van der Waals surface area contributed by atoms with Crippen molar-refractivity contribution in [3.05, 3.63) is 65.1 Å². The largest absolute Gasteiger partial charge is 0.480 e. The Morgan fingerprint density at radius 2 is 1.89 bits per heavy atom. The SMILES string of the molecule is COc1nccc(C)c1N1CCC(N2C(=O)N(Cc3ccccc3C(F)(F)F)c3cn[nH]c3C2C)CC1. The second-order valence-corrected chi connectivity index (χ2v) is 9.48. The average molecular weight is 515 g/mol. The first kappa shape index (κ1) is 24.9. The molecule has 1 fully saturated rings. The zero-order valence-corrected chi connectivity index (χ0v) is 20.9. The number of rotatable bonds is 5. The second-order valence-electron chi connectivity index (χ2n) is 9.48. The number of anilines is 2. The Balaban J connectivity index is 1.40.